The normalized spacial score (nSPS) is 15.8. The first kappa shape index (κ1) is 18.8. The van der Waals surface area contributed by atoms with E-state index in [0.29, 0.717) is 6.54 Å². The highest BCUT2D eigenvalue weighted by molar-refractivity contribution is 5.88. The Morgan fingerprint density at radius 3 is 2.71 bits per heavy atom. The van der Waals surface area contributed by atoms with Crippen LogP contribution in [0.15, 0.2) is 58.8 Å². The van der Waals surface area contributed by atoms with Gasteiger partial charge in [0.15, 0.2) is 0 Å². The molecule has 4 N–H and O–H groups in total. The molecule has 0 aromatic carbocycles. The molecule has 0 aliphatic carbocycles. The fraction of sp³-hybridized carbons (Fsp3) is 0.333. The lowest BCUT2D eigenvalue weighted by molar-refractivity contribution is 0.429. The van der Waals surface area contributed by atoms with Gasteiger partial charge in [-0.1, -0.05) is 25.2 Å². The fourth-order valence-corrected chi connectivity index (χ4v) is 1.24. The molecular formula is C15H23FN4O. The number of hydrogen-bond donors (Lipinski definition) is 2. The van der Waals surface area contributed by atoms with Crippen LogP contribution in [-0.2, 0) is 4.74 Å². The van der Waals surface area contributed by atoms with Crippen molar-refractivity contribution in [2.24, 2.45) is 27.4 Å². The number of aliphatic imine (C=N–C) groups is 2. The first-order chi connectivity index (χ1) is 10.2. The van der Waals surface area contributed by atoms with E-state index in [9.17, 15) is 4.39 Å². The molecule has 0 aromatic rings. The maximum atomic E-state index is 14.0. The zero-order valence-electron chi connectivity index (χ0n) is 12.4. The monoisotopic (exact) mass is 294 g/mol. The SMILES string of the molecule is CC/C=C\C(/C=C/N)/C(F)=C/OC(/C=C\N=CCN)=NC. The molecule has 1 atom stereocenters. The molecule has 0 rings (SSSR count). The summed E-state index contributed by atoms with van der Waals surface area (Å²) in [5, 5.41) is 0. The summed E-state index contributed by atoms with van der Waals surface area (Å²) in [5.41, 5.74) is 10.6. The predicted molar refractivity (Wildman–Crippen MR) is 86.6 cm³/mol. The molecule has 0 amide bonds. The summed E-state index contributed by atoms with van der Waals surface area (Å²) in [5.74, 6) is -0.789. The van der Waals surface area contributed by atoms with Crippen LogP contribution in [-0.4, -0.2) is 25.7 Å². The lowest BCUT2D eigenvalue weighted by Gasteiger charge is -2.05. The van der Waals surface area contributed by atoms with Crippen LogP contribution in [0.25, 0.3) is 0 Å². The van der Waals surface area contributed by atoms with E-state index >= 15 is 0 Å². The minimum Gasteiger partial charge on any atom is -0.444 e. The quantitative estimate of drug-likeness (QED) is 0.312. The van der Waals surface area contributed by atoms with Gasteiger partial charge >= 0.3 is 0 Å². The topological polar surface area (TPSA) is 86.0 Å². The number of allylic oxidation sites excluding steroid dienone is 4. The van der Waals surface area contributed by atoms with Gasteiger partial charge in [-0.25, -0.2) is 4.39 Å². The molecule has 1 unspecified atom stereocenters. The summed E-state index contributed by atoms with van der Waals surface area (Å²) in [4.78, 5) is 7.72. The van der Waals surface area contributed by atoms with Gasteiger partial charge in [0.2, 0.25) is 5.90 Å². The lowest BCUT2D eigenvalue weighted by Crippen LogP contribution is -2.00. The number of nitrogens with two attached hydrogens (primary N) is 2. The van der Waals surface area contributed by atoms with E-state index in [-0.39, 0.29) is 5.90 Å². The number of nitrogens with zero attached hydrogens (tertiary/aromatic N) is 2. The molecule has 0 radical (unpaired) electrons. The van der Waals surface area contributed by atoms with Crippen molar-refractivity contribution in [2.75, 3.05) is 13.6 Å². The second-order valence-electron chi connectivity index (χ2n) is 3.81. The van der Waals surface area contributed by atoms with Crippen LogP contribution >= 0.6 is 0 Å². The Bertz CT molecular complexity index is 451. The summed E-state index contributed by atoms with van der Waals surface area (Å²) >= 11 is 0. The second-order valence-corrected chi connectivity index (χ2v) is 3.81. The Labute approximate surface area is 125 Å². The highest BCUT2D eigenvalue weighted by Gasteiger charge is 2.07. The summed E-state index contributed by atoms with van der Waals surface area (Å²) in [6.07, 6.45) is 12.7. The molecule has 5 nitrogen and oxygen atoms in total. The molecule has 0 bridgehead atoms. The molecule has 21 heavy (non-hydrogen) atoms. The Morgan fingerprint density at radius 2 is 2.14 bits per heavy atom. The average molecular weight is 294 g/mol. The molecule has 0 fully saturated rings. The molecule has 0 aliphatic heterocycles. The molecule has 116 valence electrons. The Kier molecular flexibility index (Phi) is 11.5. The van der Waals surface area contributed by atoms with E-state index in [1.807, 2.05) is 13.0 Å². The van der Waals surface area contributed by atoms with Crippen molar-refractivity contribution in [2.45, 2.75) is 13.3 Å². The molecular weight excluding hydrogens is 271 g/mol. The van der Waals surface area contributed by atoms with Gasteiger partial charge in [-0.3, -0.25) is 9.98 Å². The third kappa shape index (κ3) is 9.34. The molecule has 0 aromatic heterocycles. The lowest BCUT2D eigenvalue weighted by atomic mass is 10.1. The van der Waals surface area contributed by atoms with Gasteiger partial charge in [0.1, 0.15) is 12.1 Å². The third-order valence-corrected chi connectivity index (χ3v) is 2.24. The number of hydrogen-bond acceptors (Lipinski definition) is 5. The van der Waals surface area contributed by atoms with Gasteiger partial charge in [0, 0.05) is 32.1 Å². The van der Waals surface area contributed by atoms with E-state index in [0.717, 1.165) is 12.7 Å². The van der Waals surface area contributed by atoms with Crippen LogP contribution in [0.3, 0.4) is 0 Å². The third-order valence-electron chi connectivity index (χ3n) is 2.24. The van der Waals surface area contributed by atoms with Gasteiger partial charge in [-0.05, 0) is 12.6 Å². The summed E-state index contributed by atoms with van der Waals surface area (Å²) in [6, 6.07) is 0. The first-order valence-electron chi connectivity index (χ1n) is 6.61. The predicted octanol–water partition coefficient (Wildman–Crippen LogP) is 2.44. The number of rotatable bonds is 8. The number of halogens is 1. The Hall–Kier alpha value is -2.21. The molecule has 0 saturated carbocycles. The van der Waals surface area contributed by atoms with Gasteiger partial charge < -0.3 is 16.2 Å². The summed E-state index contributed by atoms with van der Waals surface area (Å²) in [6.45, 7) is 2.31. The maximum Gasteiger partial charge on any atom is 0.215 e. The van der Waals surface area contributed by atoms with E-state index in [2.05, 4.69) is 9.98 Å². The smallest absolute Gasteiger partial charge is 0.215 e. The van der Waals surface area contributed by atoms with Crippen molar-refractivity contribution in [3.8, 4) is 0 Å². The van der Waals surface area contributed by atoms with Gasteiger partial charge in [0.05, 0.1) is 5.92 Å². The van der Waals surface area contributed by atoms with E-state index < -0.39 is 11.7 Å². The van der Waals surface area contributed by atoms with Gasteiger partial charge in [-0.2, -0.15) is 0 Å². The van der Waals surface area contributed by atoms with Crippen LogP contribution in [0.1, 0.15) is 13.3 Å². The van der Waals surface area contributed by atoms with Crippen molar-refractivity contribution < 1.29 is 9.13 Å². The minimum absolute atomic E-state index is 0.231. The van der Waals surface area contributed by atoms with Crippen LogP contribution in [0.2, 0.25) is 0 Å². The van der Waals surface area contributed by atoms with Crippen molar-refractivity contribution in [1.29, 1.82) is 0 Å². The number of ether oxygens (including phenoxy) is 1. The van der Waals surface area contributed by atoms with Crippen LogP contribution < -0.4 is 11.5 Å². The minimum atomic E-state index is -0.549. The van der Waals surface area contributed by atoms with E-state index in [4.69, 9.17) is 16.2 Å². The fourth-order valence-electron chi connectivity index (χ4n) is 1.24. The maximum absolute atomic E-state index is 14.0. The first-order valence-corrected chi connectivity index (χ1v) is 6.61. The van der Waals surface area contributed by atoms with Crippen molar-refractivity contribution in [1.82, 2.24) is 0 Å². The van der Waals surface area contributed by atoms with Crippen LogP contribution in [0.4, 0.5) is 4.39 Å². The second kappa shape index (κ2) is 12.8. The standard InChI is InChI=1S/C15H23FN4O/c1-3-4-5-13(6-8-17)14(16)12-21-15(19-2)7-10-20-11-9-18/h4-8,10-13H,3,9,17-18H2,1-2H3/b5-4-,8-6+,10-7-,14-12-,19-15?,20-11?. The highest BCUT2D eigenvalue weighted by Crippen LogP contribution is 2.16. The zero-order chi connectivity index (χ0) is 15.9. The molecule has 0 heterocycles. The van der Waals surface area contributed by atoms with Crippen molar-refractivity contribution in [3.05, 3.63) is 48.8 Å². The van der Waals surface area contributed by atoms with Crippen LogP contribution in [0, 0.1) is 5.92 Å². The van der Waals surface area contributed by atoms with E-state index in [1.165, 1.54) is 37.8 Å². The summed E-state index contributed by atoms with van der Waals surface area (Å²) < 4.78 is 19.1. The summed E-state index contributed by atoms with van der Waals surface area (Å²) in [7, 11) is 1.53. The van der Waals surface area contributed by atoms with Gasteiger partial charge in [0.25, 0.3) is 0 Å². The highest BCUT2D eigenvalue weighted by atomic mass is 19.1. The molecule has 0 saturated heterocycles. The van der Waals surface area contributed by atoms with Crippen LogP contribution in [0.5, 0.6) is 0 Å². The van der Waals surface area contributed by atoms with Crippen molar-refractivity contribution in [3.63, 3.8) is 0 Å². The molecule has 6 heteroatoms. The molecule has 0 spiro atoms. The zero-order valence-corrected chi connectivity index (χ0v) is 12.4. The van der Waals surface area contributed by atoms with Crippen molar-refractivity contribution >= 4 is 12.1 Å². The average Bonchev–Trinajstić information content (AvgIpc) is 2.50. The Morgan fingerprint density at radius 1 is 1.38 bits per heavy atom. The molecule has 0 aliphatic rings. The van der Waals surface area contributed by atoms with E-state index in [1.54, 1.807) is 6.08 Å². The largest absolute Gasteiger partial charge is 0.444 e. The Balaban J connectivity index is 4.76. The van der Waals surface area contributed by atoms with Gasteiger partial charge in [-0.15, -0.1) is 0 Å².